The van der Waals surface area contributed by atoms with E-state index in [4.69, 9.17) is 5.11 Å². The van der Waals surface area contributed by atoms with Crippen molar-refractivity contribution in [1.82, 2.24) is 4.57 Å². The number of nitrogens with zero attached hydrogens (tertiary/aromatic N) is 2. The molecule has 4 heteroatoms. The highest BCUT2D eigenvalue weighted by molar-refractivity contribution is 6.01. The zero-order valence-electron chi connectivity index (χ0n) is 8.29. The van der Waals surface area contributed by atoms with Gasteiger partial charge in [-0.1, -0.05) is 0 Å². The van der Waals surface area contributed by atoms with Gasteiger partial charge in [-0.25, -0.2) is 4.79 Å². The predicted octanol–water partition coefficient (Wildman–Crippen LogP) is 2.53. The predicted molar refractivity (Wildman–Crippen MR) is 62.4 cm³/mol. The standard InChI is InChI=1S/C12H8N2O2/c15-12(16)9-6-8-2-5-14-4-1-3-13-10(7-9)11(8)14/h1-7H,(H,15,16). The monoisotopic (exact) mass is 212 g/mol. The molecular weight excluding hydrogens is 204 g/mol. The first kappa shape index (κ1) is 8.91. The van der Waals surface area contributed by atoms with Gasteiger partial charge in [-0.3, -0.25) is 4.99 Å². The molecule has 0 bridgehead atoms. The van der Waals surface area contributed by atoms with E-state index in [2.05, 4.69) is 4.99 Å². The molecule has 0 spiro atoms. The number of carbonyl (C=O) groups is 1. The van der Waals surface area contributed by atoms with E-state index in [0.29, 0.717) is 5.69 Å². The molecule has 0 atom stereocenters. The van der Waals surface area contributed by atoms with Gasteiger partial charge in [0.2, 0.25) is 0 Å². The van der Waals surface area contributed by atoms with Crippen molar-refractivity contribution in [3.63, 3.8) is 0 Å². The average Bonchev–Trinajstić information content (AvgIpc) is 2.55. The summed E-state index contributed by atoms with van der Waals surface area (Å²) in [7, 11) is 0. The summed E-state index contributed by atoms with van der Waals surface area (Å²) >= 11 is 0. The Morgan fingerprint density at radius 1 is 1.38 bits per heavy atom. The van der Waals surface area contributed by atoms with Crippen LogP contribution in [0.3, 0.4) is 0 Å². The summed E-state index contributed by atoms with van der Waals surface area (Å²) in [5.74, 6) is -0.932. The van der Waals surface area contributed by atoms with Crippen LogP contribution >= 0.6 is 0 Å². The smallest absolute Gasteiger partial charge is 0.335 e. The van der Waals surface area contributed by atoms with Gasteiger partial charge in [0.1, 0.15) is 0 Å². The maximum absolute atomic E-state index is 10.9. The number of carboxylic acid groups (broad SMARTS) is 1. The van der Waals surface area contributed by atoms with Gasteiger partial charge in [0.05, 0.1) is 16.8 Å². The van der Waals surface area contributed by atoms with Crippen LogP contribution in [0, 0.1) is 0 Å². The molecule has 2 heterocycles. The van der Waals surface area contributed by atoms with E-state index in [0.717, 1.165) is 10.9 Å². The first-order valence-electron chi connectivity index (χ1n) is 4.84. The Hall–Kier alpha value is -2.36. The Balaban J connectivity index is 2.42. The van der Waals surface area contributed by atoms with Gasteiger partial charge in [-0.15, -0.1) is 0 Å². The molecule has 0 amide bonds. The lowest BCUT2D eigenvalue weighted by Crippen LogP contribution is -1.95. The summed E-state index contributed by atoms with van der Waals surface area (Å²) in [5.41, 5.74) is 1.89. The van der Waals surface area contributed by atoms with Crippen LogP contribution in [0.2, 0.25) is 0 Å². The van der Waals surface area contributed by atoms with Crippen molar-refractivity contribution in [2.24, 2.45) is 4.99 Å². The van der Waals surface area contributed by atoms with Crippen molar-refractivity contribution < 1.29 is 9.90 Å². The summed E-state index contributed by atoms with van der Waals surface area (Å²) in [6.07, 6.45) is 7.26. The Kier molecular flexibility index (Phi) is 1.71. The van der Waals surface area contributed by atoms with E-state index >= 15 is 0 Å². The topological polar surface area (TPSA) is 54.6 Å². The fourth-order valence-electron chi connectivity index (χ4n) is 1.89. The molecule has 16 heavy (non-hydrogen) atoms. The minimum Gasteiger partial charge on any atom is -0.478 e. The van der Waals surface area contributed by atoms with E-state index in [1.54, 1.807) is 18.3 Å². The minimum atomic E-state index is -0.932. The second-order valence-corrected chi connectivity index (χ2v) is 3.58. The summed E-state index contributed by atoms with van der Waals surface area (Å²) < 4.78 is 1.93. The molecular formula is C12H8N2O2. The Morgan fingerprint density at radius 2 is 2.25 bits per heavy atom. The molecule has 4 nitrogen and oxygen atoms in total. The van der Waals surface area contributed by atoms with E-state index in [1.807, 2.05) is 29.1 Å². The molecule has 78 valence electrons. The average molecular weight is 212 g/mol. The van der Waals surface area contributed by atoms with Crippen LogP contribution in [-0.4, -0.2) is 21.9 Å². The highest BCUT2D eigenvalue weighted by atomic mass is 16.4. The normalized spacial score (nSPS) is 13.0. The summed E-state index contributed by atoms with van der Waals surface area (Å²) in [6, 6.07) is 5.13. The second-order valence-electron chi connectivity index (χ2n) is 3.58. The number of allylic oxidation sites excluding steroid dienone is 1. The fraction of sp³-hybridized carbons (Fsp3) is 0. The summed E-state index contributed by atoms with van der Waals surface area (Å²) in [4.78, 5) is 15.2. The quantitative estimate of drug-likeness (QED) is 0.789. The van der Waals surface area contributed by atoms with Gasteiger partial charge in [0, 0.05) is 24.0 Å². The zero-order valence-corrected chi connectivity index (χ0v) is 8.29. The number of aromatic carboxylic acids is 1. The molecule has 1 N–H and O–H groups in total. The van der Waals surface area contributed by atoms with Crippen molar-refractivity contribution in [3.05, 3.63) is 36.0 Å². The number of carboxylic acids is 1. The molecule has 0 saturated carbocycles. The number of aromatic nitrogens is 1. The molecule has 0 radical (unpaired) electrons. The number of hydrogen-bond acceptors (Lipinski definition) is 2. The third-order valence-corrected chi connectivity index (χ3v) is 2.59. The molecule has 2 aromatic rings. The molecule has 0 saturated heterocycles. The molecule has 1 aromatic carbocycles. The van der Waals surface area contributed by atoms with Gasteiger partial charge < -0.3 is 9.67 Å². The number of hydrogen-bond donors (Lipinski definition) is 1. The molecule has 0 unspecified atom stereocenters. The Labute approximate surface area is 91.1 Å². The Bertz CT molecular complexity index is 650. The third-order valence-electron chi connectivity index (χ3n) is 2.59. The first-order valence-corrected chi connectivity index (χ1v) is 4.84. The molecule has 1 aromatic heterocycles. The van der Waals surface area contributed by atoms with Gasteiger partial charge >= 0.3 is 5.97 Å². The molecule has 3 rings (SSSR count). The number of aliphatic imine (C=N–C) groups is 1. The van der Waals surface area contributed by atoms with Crippen LogP contribution in [0.4, 0.5) is 5.69 Å². The van der Waals surface area contributed by atoms with Gasteiger partial charge in [0.15, 0.2) is 0 Å². The fourth-order valence-corrected chi connectivity index (χ4v) is 1.89. The van der Waals surface area contributed by atoms with E-state index < -0.39 is 5.97 Å². The van der Waals surface area contributed by atoms with Crippen molar-refractivity contribution >= 4 is 35.0 Å². The highest BCUT2D eigenvalue weighted by Crippen LogP contribution is 2.30. The van der Waals surface area contributed by atoms with E-state index in [-0.39, 0.29) is 5.56 Å². The summed E-state index contributed by atoms with van der Waals surface area (Å²) in [5, 5.41) is 9.87. The van der Waals surface area contributed by atoms with Gasteiger partial charge in [-0.2, -0.15) is 0 Å². The van der Waals surface area contributed by atoms with Crippen molar-refractivity contribution in [2.45, 2.75) is 0 Å². The van der Waals surface area contributed by atoms with Crippen LogP contribution in [-0.2, 0) is 0 Å². The number of benzene rings is 1. The first-order chi connectivity index (χ1) is 7.75. The van der Waals surface area contributed by atoms with Crippen LogP contribution < -0.4 is 0 Å². The Morgan fingerprint density at radius 3 is 3.06 bits per heavy atom. The lowest BCUT2D eigenvalue weighted by atomic mass is 10.1. The number of rotatable bonds is 1. The van der Waals surface area contributed by atoms with Crippen molar-refractivity contribution in [3.8, 4) is 0 Å². The third kappa shape index (κ3) is 1.16. The minimum absolute atomic E-state index is 0.263. The zero-order chi connectivity index (χ0) is 11.1. The molecule has 0 aliphatic carbocycles. The van der Waals surface area contributed by atoms with Crippen LogP contribution in [0.1, 0.15) is 10.4 Å². The van der Waals surface area contributed by atoms with Gasteiger partial charge in [-0.05, 0) is 24.3 Å². The largest absolute Gasteiger partial charge is 0.478 e. The van der Waals surface area contributed by atoms with Crippen LogP contribution in [0.5, 0.6) is 0 Å². The van der Waals surface area contributed by atoms with Crippen molar-refractivity contribution in [2.75, 3.05) is 0 Å². The second kappa shape index (κ2) is 3.06. The summed E-state index contributed by atoms with van der Waals surface area (Å²) in [6.45, 7) is 0. The maximum atomic E-state index is 10.9. The lowest BCUT2D eigenvalue weighted by Gasteiger charge is -2.02. The highest BCUT2D eigenvalue weighted by Gasteiger charge is 2.11. The van der Waals surface area contributed by atoms with Gasteiger partial charge in [0.25, 0.3) is 0 Å². The van der Waals surface area contributed by atoms with Crippen LogP contribution in [0.15, 0.2) is 35.5 Å². The molecule has 1 aliphatic rings. The van der Waals surface area contributed by atoms with Crippen molar-refractivity contribution in [1.29, 1.82) is 0 Å². The van der Waals surface area contributed by atoms with Crippen LogP contribution in [0.25, 0.3) is 17.1 Å². The lowest BCUT2D eigenvalue weighted by molar-refractivity contribution is 0.0697. The molecule has 0 fully saturated rings. The van der Waals surface area contributed by atoms with E-state index in [1.165, 1.54) is 0 Å². The molecule has 1 aliphatic heterocycles. The van der Waals surface area contributed by atoms with E-state index in [9.17, 15) is 4.79 Å². The maximum Gasteiger partial charge on any atom is 0.335 e. The SMILES string of the molecule is O=C(O)c1cc2c3c(ccn3C=CC=N2)c1.